The van der Waals surface area contributed by atoms with Gasteiger partial charge in [0.1, 0.15) is 5.82 Å². The molecular formula is C21H30IN5O2S. The van der Waals surface area contributed by atoms with Crippen LogP contribution in [0.3, 0.4) is 0 Å². The van der Waals surface area contributed by atoms with E-state index in [0.29, 0.717) is 13.0 Å². The van der Waals surface area contributed by atoms with Crippen LogP contribution in [-0.4, -0.2) is 69.8 Å². The summed E-state index contributed by atoms with van der Waals surface area (Å²) in [6.07, 6.45) is 2.37. The maximum Gasteiger partial charge on any atom is 0.193 e. The lowest BCUT2D eigenvalue weighted by Gasteiger charge is -2.37. The smallest absolute Gasteiger partial charge is 0.193 e. The molecule has 9 heteroatoms. The summed E-state index contributed by atoms with van der Waals surface area (Å²) < 4.78 is 24.6. The van der Waals surface area contributed by atoms with Crippen molar-refractivity contribution in [3.63, 3.8) is 0 Å². The number of pyridine rings is 1. The molecule has 7 nitrogen and oxygen atoms in total. The van der Waals surface area contributed by atoms with Crippen LogP contribution >= 0.6 is 24.0 Å². The van der Waals surface area contributed by atoms with Crippen molar-refractivity contribution in [1.29, 1.82) is 0 Å². The molecule has 1 aliphatic rings. The summed E-state index contributed by atoms with van der Waals surface area (Å²) in [6, 6.07) is 15.3. The molecule has 30 heavy (non-hydrogen) atoms. The third kappa shape index (κ3) is 7.42. The highest BCUT2D eigenvalue weighted by Gasteiger charge is 2.20. The molecule has 0 spiro atoms. The second-order valence-electron chi connectivity index (χ2n) is 7.07. The molecule has 1 fully saturated rings. The number of nitrogens with zero attached hydrogens (tertiary/aromatic N) is 4. The number of halogens is 1. The van der Waals surface area contributed by atoms with Gasteiger partial charge in [0.05, 0.1) is 11.5 Å². The fraction of sp³-hybridized carbons (Fsp3) is 0.429. The summed E-state index contributed by atoms with van der Waals surface area (Å²) in [5.41, 5.74) is 0.835. The fourth-order valence-electron chi connectivity index (χ4n) is 3.41. The zero-order chi connectivity index (χ0) is 20.5. The average Bonchev–Trinajstić information content (AvgIpc) is 2.75. The van der Waals surface area contributed by atoms with Crippen molar-refractivity contribution in [2.75, 3.05) is 50.4 Å². The van der Waals surface area contributed by atoms with Gasteiger partial charge in [0, 0.05) is 46.0 Å². The minimum absolute atomic E-state index is 0. The number of anilines is 1. The number of nitrogens with one attached hydrogen (secondary N) is 1. The zero-order valence-electron chi connectivity index (χ0n) is 17.3. The zero-order valence-corrected chi connectivity index (χ0v) is 20.4. The number of benzene rings is 1. The van der Waals surface area contributed by atoms with Gasteiger partial charge in [-0.05, 0) is 24.1 Å². The molecule has 0 saturated carbocycles. The molecule has 3 rings (SSSR count). The summed E-state index contributed by atoms with van der Waals surface area (Å²) in [5.74, 6) is 2.09. The monoisotopic (exact) mass is 543 g/mol. The van der Waals surface area contributed by atoms with E-state index in [1.807, 2.05) is 54.7 Å². The number of hydrogen-bond acceptors (Lipinski definition) is 5. The molecule has 0 unspecified atom stereocenters. The largest absolute Gasteiger partial charge is 0.356 e. The first kappa shape index (κ1) is 24.4. The Balaban J connectivity index is 0.00000320. The third-order valence-corrected chi connectivity index (χ3v) is 6.59. The van der Waals surface area contributed by atoms with E-state index in [1.54, 1.807) is 7.05 Å². The van der Waals surface area contributed by atoms with Gasteiger partial charge in [-0.3, -0.25) is 4.99 Å². The Labute approximate surface area is 196 Å². The molecule has 0 atom stereocenters. The normalized spacial score (nSPS) is 14.9. The minimum atomic E-state index is -3.11. The van der Waals surface area contributed by atoms with Crippen LogP contribution in [0.4, 0.5) is 5.82 Å². The Hall–Kier alpha value is -1.88. The summed E-state index contributed by atoms with van der Waals surface area (Å²) in [7, 11) is -1.35. The Morgan fingerprint density at radius 1 is 1.07 bits per heavy atom. The number of rotatable bonds is 7. The van der Waals surface area contributed by atoms with Crippen LogP contribution in [-0.2, 0) is 15.6 Å². The van der Waals surface area contributed by atoms with Crippen molar-refractivity contribution < 1.29 is 8.42 Å². The van der Waals surface area contributed by atoms with Gasteiger partial charge in [-0.25, -0.2) is 13.4 Å². The molecule has 1 aliphatic heterocycles. The quantitative estimate of drug-likeness (QED) is 0.250. The predicted molar refractivity (Wildman–Crippen MR) is 133 cm³/mol. The van der Waals surface area contributed by atoms with Gasteiger partial charge in [-0.1, -0.05) is 36.4 Å². The lowest BCUT2D eigenvalue weighted by molar-refractivity contribution is 0.371. The first-order valence-electron chi connectivity index (χ1n) is 9.93. The highest BCUT2D eigenvalue weighted by molar-refractivity contribution is 14.0. The number of aliphatic imine (C=N–C) groups is 1. The van der Waals surface area contributed by atoms with Gasteiger partial charge in [0.2, 0.25) is 0 Å². The van der Waals surface area contributed by atoms with Crippen molar-refractivity contribution in [3.05, 3.63) is 60.3 Å². The minimum Gasteiger partial charge on any atom is -0.356 e. The Morgan fingerprint density at radius 2 is 1.77 bits per heavy atom. The fourth-order valence-corrected chi connectivity index (χ4v) is 4.84. The molecule has 0 amide bonds. The van der Waals surface area contributed by atoms with E-state index in [-0.39, 0.29) is 35.5 Å². The van der Waals surface area contributed by atoms with E-state index in [2.05, 4.69) is 25.1 Å². The van der Waals surface area contributed by atoms with Crippen LogP contribution in [0.2, 0.25) is 0 Å². The van der Waals surface area contributed by atoms with Crippen LogP contribution in [0.25, 0.3) is 0 Å². The van der Waals surface area contributed by atoms with Gasteiger partial charge in [0.15, 0.2) is 15.8 Å². The van der Waals surface area contributed by atoms with Crippen molar-refractivity contribution in [3.8, 4) is 0 Å². The Kier molecular flexibility index (Phi) is 9.83. The number of piperazine rings is 1. The van der Waals surface area contributed by atoms with Gasteiger partial charge in [-0.15, -0.1) is 24.0 Å². The van der Waals surface area contributed by atoms with Crippen LogP contribution < -0.4 is 10.2 Å². The summed E-state index contributed by atoms with van der Waals surface area (Å²) >= 11 is 0. The lowest BCUT2D eigenvalue weighted by atomic mass is 10.2. The molecule has 1 aromatic carbocycles. The second kappa shape index (κ2) is 12.1. The predicted octanol–water partition coefficient (Wildman–Crippen LogP) is 2.40. The highest BCUT2D eigenvalue weighted by atomic mass is 127. The van der Waals surface area contributed by atoms with Crippen LogP contribution in [0.15, 0.2) is 59.7 Å². The van der Waals surface area contributed by atoms with Gasteiger partial charge < -0.3 is 15.1 Å². The number of guanidine groups is 1. The summed E-state index contributed by atoms with van der Waals surface area (Å²) in [6.45, 7) is 4.04. The summed E-state index contributed by atoms with van der Waals surface area (Å²) in [4.78, 5) is 13.2. The number of hydrogen-bond donors (Lipinski definition) is 1. The maximum atomic E-state index is 12.3. The van der Waals surface area contributed by atoms with E-state index >= 15 is 0 Å². The van der Waals surface area contributed by atoms with Gasteiger partial charge in [0.25, 0.3) is 0 Å². The maximum absolute atomic E-state index is 12.3. The van der Waals surface area contributed by atoms with E-state index in [4.69, 9.17) is 0 Å². The van der Waals surface area contributed by atoms with Crippen LogP contribution in [0, 0.1) is 0 Å². The standard InChI is InChI=1S/C21H29N5O2S.HI/c1-22-21(26-15-13-25(14-16-26)20-10-5-6-11-23-20)24-12-7-17-29(27,28)18-19-8-3-2-4-9-19;/h2-6,8-11H,7,12-18H2,1H3,(H,22,24);1H. The SMILES string of the molecule is CN=C(NCCCS(=O)(=O)Cc1ccccc1)N1CCN(c2ccccn2)CC1.I. The van der Waals surface area contributed by atoms with E-state index < -0.39 is 9.84 Å². The molecule has 0 radical (unpaired) electrons. The molecule has 2 aromatic rings. The molecule has 1 N–H and O–H groups in total. The van der Waals surface area contributed by atoms with E-state index in [0.717, 1.165) is 43.5 Å². The molecule has 164 valence electrons. The highest BCUT2D eigenvalue weighted by Crippen LogP contribution is 2.12. The van der Waals surface area contributed by atoms with Crippen LogP contribution in [0.1, 0.15) is 12.0 Å². The van der Waals surface area contributed by atoms with Crippen molar-refractivity contribution in [2.45, 2.75) is 12.2 Å². The van der Waals surface area contributed by atoms with Crippen molar-refractivity contribution in [2.24, 2.45) is 4.99 Å². The first-order valence-corrected chi connectivity index (χ1v) is 11.8. The topological polar surface area (TPSA) is 77.9 Å². The van der Waals surface area contributed by atoms with E-state index in [1.165, 1.54) is 0 Å². The molecule has 2 heterocycles. The average molecular weight is 543 g/mol. The summed E-state index contributed by atoms with van der Waals surface area (Å²) in [5, 5.41) is 3.31. The van der Waals surface area contributed by atoms with Crippen molar-refractivity contribution >= 4 is 45.6 Å². The molecule has 0 aliphatic carbocycles. The molecule has 1 saturated heterocycles. The number of aromatic nitrogens is 1. The molecule has 0 bridgehead atoms. The Bertz CT molecular complexity index is 886. The van der Waals surface area contributed by atoms with E-state index in [9.17, 15) is 8.42 Å². The van der Waals surface area contributed by atoms with Crippen LogP contribution in [0.5, 0.6) is 0 Å². The first-order chi connectivity index (χ1) is 14.1. The van der Waals surface area contributed by atoms with Gasteiger partial charge >= 0.3 is 0 Å². The molecular weight excluding hydrogens is 513 g/mol. The van der Waals surface area contributed by atoms with Crippen molar-refractivity contribution in [1.82, 2.24) is 15.2 Å². The third-order valence-electron chi connectivity index (χ3n) is 4.91. The van der Waals surface area contributed by atoms with Gasteiger partial charge in [-0.2, -0.15) is 0 Å². The lowest BCUT2D eigenvalue weighted by Crippen LogP contribution is -2.52. The number of sulfone groups is 1. The second-order valence-corrected chi connectivity index (χ2v) is 9.25. The Morgan fingerprint density at radius 3 is 2.40 bits per heavy atom. The molecule has 1 aromatic heterocycles.